The molecule has 0 saturated carbocycles. The first-order chi connectivity index (χ1) is 12.0. The van der Waals surface area contributed by atoms with Crippen LogP contribution < -0.4 is 15.5 Å². The van der Waals surface area contributed by atoms with Crippen LogP contribution >= 0.6 is 0 Å². The maximum atomic E-state index is 12.3. The Balaban J connectivity index is 1.90. The second kappa shape index (κ2) is 8.99. The molecule has 0 aliphatic carbocycles. The highest BCUT2D eigenvalue weighted by atomic mass is 16.2. The van der Waals surface area contributed by atoms with Crippen molar-refractivity contribution in [2.75, 3.05) is 24.2 Å². The Morgan fingerprint density at radius 3 is 2.32 bits per heavy atom. The zero-order valence-corrected chi connectivity index (χ0v) is 15.0. The molecule has 0 spiro atoms. The van der Waals surface area contributed by atoms with Crippen LogP contribution in [0.15, 0.2) is 54.6 Å². The van der Waals surface area contributed by atoms with Crippen LogP contribution in [0, 0.1) is 0 Å². The van der Waals surface area contributed by atoms with Crippen molar-refractivity contribution < 1.29 is 14.5 Å². The van der Waals surface area contributed by atoms with E-state index in [0.717, 1.165) is 28.3 Å². The van der Waals surface area contributed by atoms with Gasteiger partial charge in [0.1, 0.15) is 0 Å². The largest absolute Gasteiger partial charge is 0.321 e. The highest BCUT2D eigenvalue weighted by Crippen LogP contribution is 2.14. The van der Waals surface area contributed by atoms with Crippen molar-refractivity contribution in [1.29, 1.82) is 0 Å². The van der Waals surface area contributed by atoms with Crippen LogP contribution in [0.3, 0.4) is 0 Å². The Labute approximate surface area is 149 Å². The van der Waals surface area contributed by atoms with E-state index in [1.54, 1.807) is 0 Å². The SMILES string of the molecule is CCc1ccccc1NC(=O)C[NH+](C)[C@@H](C)C(=O)Nc1ccccc1. The number of carbonyl (C=O) groups is 2. The van der Waals surface area contributed by atoms with Crippen molar-refractivity contribution in [1.82, 2.24) is 0 Å². The molecular formula is C20H26N3O2+. The fraction of sp³-hybridized carbons (Fsp3) is 0.300. The lowest BCUT2D eigenvalue weighted by Gasteiger charge is -2.21. The molecule has 2 amide bonds. The molecule has 0 radical (unpaired) electrons. The molecule has 0 fully saturated rings. The van der Waals surface area contributed by atoms with Crippen molar-refractivity contribution in [2.45, 2.75) is 26.3 Å². The zero-order chi connectivity index (χ0) is 18.2. The molecule has 0 saturated heterocycles. The van der Waals surface area contributed by atoms with Crippen molar-refractivity contribution in [3.8, 4) is 0 Å². The number of carbonyl (C=O) groups excluding carboxylic acids is 2. The molecule has 25 heavy (non-hydrogen) atoms. The lowest BCUT2D eigenvalue weighted by molar-refractivity contribution is -0.885. The van der Waals surface area contributed by atoms with Crippen molar-refractivity contribution in [2.24, 2.45) is 0 Å². The van der Waals surface area contributed by atoms with Crippen molar-refractivity contribution in [3.63, 3.8) is 0 Å². The molecule has 5 nitrogen and oxygen atoms in total. The van der Waals surface area contributed by atoms with E-state index >= 15 is 0 Å². The van der Waals surface area contributed by atoms with Gasteiger partial charge >= 0.3 is 0 Å². The zero-order valence-electron chi connectivity index (χ0n) is 15.0. The van der Waals surface area contributed by atoms with E-state index in [2.05, 4.69) is 17.6 Å². The molecule has 2 rings (SSSR count). The summed E-state index contributed by atoms with van der Waals surface area (Å²) in [7, 11) is 1.85. The minimum absolute atomic E-state index is 0.0993. The van der Waals surface area contributed by atoms with Gasteiger partial charge in [-0.15, -0.1) is 0 Å². The van der Waals surface area contributed by atoms with Crippen LogP contribution in [-0.4, -0.2) is 31.4 Å². The Morgan fingerprint density at radius 2 is 1.64 bits per heavy atom. The van der Waals surface area contributed by atoms with Crippen LogP contribution in [0.5, 0.6) is 0 Å². The number of quaternary nitrogens is 1. The average molecular weight is 340 g/mol. The minimum atomic E-state index is -0.340. The van der Waals surface area contributed by atoms with E-state index in [-0.39, 0.29) is 24.4 Å². The number of likely N-dealkylation sites (N-methyl/N-ethyl adjacent to an activating group) is 1. The summed E-state index contributed by atoms with van der Waals surface area (Å²) in [5.41, 5.74) is 2.70. The van der Waals surface area contributed by atoms with Gasteiger partial charge in [0.15, 0.2) is 12.6 Å². The van der Waals surface area contributed by atoms with Gasteiger partial charge in [-0.05, 0) is 37.1 Å². The summed E-state index contributed by atoms with van der Waals surface area (Å²) in [6.07, 6.45) is 0.856. The van der Waals surface area contributed by atoms with Gasteiger partial charge in [0, 0.05) is 11.4 Å². The first kappa shape index (κ1) is 18.7. The highest BCUT2D eigenvalue weighted by molar-refractivity contribution is 5.94. The summed E-state index contributed by atoms with van der Waals surface area (Å²) in [6, 6.07) is 16.7. The lowest BCUT2D eigenvalue weighted by Crippen LogP contribution is -3.14. The van der Waals surface area contributed by atoms with Crippen LogP contribution in [-0.2, 0) is 16.0 Å². The van der Waals surface area contributed by atoms with Gasteiger partial charge in [0.25, 0.3) is 11.8 Å². The molecule has 2 aromatic rings. The average Bonchev–Trinajstić information content (AvgIpc) is 2.62. The maximum absolute atomic E-state index is 12.3. The number of rotatable bonds is 7. The Kier molecular flexibility index (Phi) is 6.71. The number of para-hydroxylation sites is 2. The molecule has 132 valence electrons. The van der Waals surface area contributed by atoms with Gasteiger partial charge in [-0.2, -0.15) is 0 Å². The molecule has 3 N–H and O–H groups in total. The number of nitrogens with one attached hydrogen (secondary N) is 3. The van der Waals surface area contributed by atoms with Crippen LogP contribution in [0.2, 0.25) is 0 Å². The number of hydrogen-bond donors (Lipinski definition) is 3. The molecule has 2 atom stereocenters. The lowest BCUT2D eigenvalue weighted by atomic mass is 10.1. The van der Waals surface area contributed by atoms with Gasteiger partial charge in [-0.1, -0.05) is 43.3 Å². The van der Waals surface area contributed by atoms with Crippen LogP contribution in [0.1, 0.15) is 19.4 Å². The molecule has 0 aromatic heterocycles. The third-order valence-corrected chi connectivity index (χ3v) is 4.29. The molecule has 5 heteroatoms. The molecule has 1 unspecified atom stereocenters. The molecule has 0 aliphatic rings. The predicted molar refractivity (Wildman–Crippen MR) is 101 cm³/mol. The molecule has 0 heterocycles. The van der Waals surface area contributed by atoms with Gasteiger partial charge in [0.2, 0.25) is 0 Å². The summed E-state index contributed by atoms with van der Waals surface area (Å²) in [5.74, 6) is -0.205. The molecular weight excluding hydrogens is 314 g/mol. The second-order valence-corrected chi connectivity index (χ2v) is 6.16. The van der Waals surface area contributed by atoms with E-state index in [1.807, 2.05) is 68.6 Å². The number of amides is 2. The maximum Gasteiger partial charge on any atom is 0.282 e. The van der Waals surface area contributed by atoms with E-state index in [0.29, 0.717) is 0 Å². The van der Waals surface area contributed by atoms with E-state index in [1.165, 1.54) is 0 Å². The minimum Gasteiger partial charge on any atom is -0.321 e. The number of anilines is 2. The third kappa shape index (κ3) is 5.43. The smallest absolute Gasteiger partial charge is 0.282 e. The van der Waals surface area contributed by atoms with Crippen molar-refractivity contribution >= 4 is 23.2 Å². The quantitative estimate of drug-likeness (QED) is 0.719. The van der Waals surface area contributed by atoms with Gasteiger partial charge < -0.3 is 15.5 Å². The standard InChI is InChI=1S/C20H25N3O2/c1-4-16-10-8-9-13-18(16)22-19(24)14-23(3)15(2)20(25)21-17-11-6-5-7-12-17/h5-13,15H,4,14H2,1-3H3,(H,21,25)(H,22,24)/p+1/t15-/m0/s1. The van der Waals surface area contributed by atoms with Gasteiger partial charge in [0.05, 0.1) is 7.05 Å². The van der Waals surface area contributed by atoms with Gasteiger partial charge in [-0.25, -0.2) is 0 Å². The number of hydrogen-bond acceptors (Lipinski definition) is 2. The second-order valence-electron chi connectivity index (χ2n) is 6.16. The third-order valence-electron chi connectivity index (χ3n) is 4.29. The summed E-state index contributed by atoms with van der Waals surface area (Å²) in [5, 5.41) is 5.82. The van der Waals surface area contributed by atoms with Gasteiger partial charge in [-0.3, -0.25) is 9.59 Å². The molecule has 0 bridgehead atoms. The summed E-state index contributed by atoms with van der Waals surface area (Å²) in [6.45, 7) is 4.10. The van der Waals surface area contributed by atoms with E-state index < -0.39 is 0 Å². The Hall–Kier alpha value is -2.66. The highest BCUT2D eigenvalue weighted by Gasteiger charge is 2.24. The van der Waals surface area contributed by atoms with Crippen molar-refractivity contribution in [3.05, 3.63) is 60.2 Å². The number of aryl methyl sites for hydroxylation is 1. The summed E-state index contributed by atoms with van der Waals surface area (Å²) >= 11 is 0. The van der Waals surface area contributed by atoms with E-state index in [4.69, 9.17) is 0 Å². The molecule has 2 aromatic carbocycles. The summed E-state index contributed by atoms with van der Waals surface area (Å²) < 4.78 is 0. The first-order valence-corrected chi connectivity index (χ1v) is 8.57. The molecule has 0 aliphatic heterocycles. The van der Waals surface area contributed by atoms with Crippen LogP contribution in [0.25, 0.3) is 0 Å². The topological polar surface area (TPSA) is 62.6 Å². The number of benzene rings is 2. The Morgan fingerprint density at radius 1 is 1.00 bits per heavy atom. The fourth-order valence-electron chi connectivity index (χ4n) is 2.55. The fourth-order valence-corrected chi connectivity index (χ4v) is 2.55. The monoisotopic (exact) mass is 340 g/mol. The first-order valence-electron chi connectivity index (χ1n) is 8.57. The predicted octanol–water partition coefficient (Wildman–Crippen LogP) is 1.73. The Bertz CT molecular complexity index is 716. The summed E-state index contributed by atoms with van der Waals surface area (Å²) in [4.78, 5) is 25.5. The normalized spacial score (nSPS) is 12.9. The van der Waals surface area contributed by atoms with E-state index in [9.17, 15) is 9.59 Å². The van der Waals surface area contributed by atoms with Crippen LogP contribution in [0.4, 0.5) is 11.4 Å².